The van der Waals surface area contributed by atoms with Crippen molar-refractivity contribution < 1.29 is 55.9 Å². The Morgan fingerprint density at radius 1 is 0.192 bits per heavy atom. The summed E-state index contributed by atoms with van der Waals surface area (Å²) in [5, 5.41) is 0. The van der Waals surface area contributed by atoms with Gasteiger partial charge in [0.25, 0.3) is 0 Å². The second-order valence-electron chi connectivity index (χ2n) is 17.9. The Kier molecular flexibility index (Phi) is 25.4. The van der Waals surface area contributed by atoms with Crippen LogP contribution in [0.5, 0.6) is 51.7 Å². The second kappa shape index (κ2) is 32.5. The Labute approximate surface area is 480 Å². The van der Waals surface area contributed by atoms with Gasteiger partial charge in [0, 0.05) is 0 Å². The third kappa shape index (κ3) is 22.9. The van der Waals surface area contributed by atoms with E-state index in [1.54, 1.807) is 0 Å². The Hall–Kier alpha value is -6.33. The van der Waals surface area contributed by atoms with E-state index >= 15 is 0 Å². The zero-order chi connectivity index (χ0) is 55.7. The van der Waals surface area contributed by atoms with Crippen LogP contribution in [0.2, 0.25) is 0 Å². The number of hydrogen-bond donors (Lipinski definition) is 0. The monoisotopic (exact) mass is 1230 g/mol. The molecule has 9 rings (SSSR count). The van der Waals surface area contributed by atoms with Gasteiger partial charge in [0.2, 0.25) is 0 Å². The van der Waals surface area contributed by atoms with Crippen LogP contribution in [0.25, 0.3) is 0 Å². The summed E-state index contributed by atoms with van der Waals surface area (Å²) < 4.78 is 53.6. The van der Waals surface area contributed by atoms with Gasteiger partial charge in [0.05, 0.1) is 0 Å². The first-order valence-electron chi connectivity index (χ1n) is 24.6. The predicted octanol–water partition coefficient (Wildman–Crippen LogP) is 20.5. The van der Waals surface area contributed by atoms with Gasteiger partial charge in [0.1, 0.15) is 51.7 Å². The SMILES string of the molecule is Cc1ccc(OP(Oc2ccc(C)cc2)Oc2ccc(C)cc2)cc1.Cc1ccc(OP(Oc2ccc(C)cc2)Oc2ccc(C)cc2)cc1.Cc1ccc(OP(Oc2ccc(C)cc2)Oc2ccc(C)cc2)cc1.[Cl][Ru][Cl]. The van der Waals surface area contributed by atoms with Crippen molar-refractivity contribution in [2.45, 2.75) is 62.3 Å². The molecule has 0 unspecified atom stereocenters. The summed E-state index contributed by atoms with van der Waals surface area (Å²) in [5.74, 6) is 6.47. The van der Waals surface area contributed by atoms with E-state index in [4.69, 9.17) is 60.1 Å². The summed E-state index contributed by atoms with van der Waals surface area (Å²) >= 11 is -0.346. The normalized spacial score (nSPS) is 10.4. The number of aryl methyl sites for hydroxylation is 9. The van der Waals surface area contributed by atoms with Gasteiger partial charge in [0.15, 0.2) is 0 Å². The number of hydrogen-bond acceptors (Lipinski definition) is 9. The van der Waals surface area contributed by atoms with E-state index in [1.807, 2.05) is 281 Å². The Morgan fingerprint density at radius 3 is 0.346 bits per heavy atom. The van der Waals surface area contributed by atoms with Crippen molar-refractivity contribution in [2.24, 2.45) is 0 Å². The predicted molar refractivity (Wildman–Crippen MR) is 319 cm³/mol. The molecule has 0 atom stereocenters. The quantitative estimate of drug-likeness (QED) is 0.0616. The fourth-order valence-corrected chi connectivity index (χ4v) is 9.31. The van der Waals surface area contributed by atoms with Gasteiger partial charge in [-0.3, -0.25) is 0 Å². The van der Waals surface area contributed by atoms with Crippen LogP contribution in [0.15, 0.2) is 218 Å². The standard InChI is InChI=1S/3C21H21O3P.2ClH.Ru/c3*1-16-4-10-19(11-5-16)22-25(23-20-12-6-17(2)7-13-20)24-21-14-8-18(3)9-15-21;;;/h3*4-15H,1-3H3;2*1H;/q;;;;;+2/p-2. The topological polar surface area (TPSA) is 83.1 Å². The van der Waals surface area contributed by atoms with Gasteiger partial charge in [-0.1, -0.05) is 159 Å². The fourth-order valence-electron chi connectivity index (χ4n) is 6.33. The summed E-state index contributed by atoms with van der Waals surface area (Å²) in [5.41, 5.74) is 10.6. The number of rotatable bonds is 18. The Bertz CT molecular complexity index is 2430. The first kappa shape index (κ1) is 60.9. The molecule has 0 amide bonds. The van der Waals surface area contributed by atoms with Crippen LogP contribution < -0.4 is 40.7 Å². The Morgan fingerprint density at radius 2 is 0.269 bits per heavy atom. The molecule has 0 saturated carbocycles. The summed E-state index contributed by atoms with van der Waals surface area (Å²) in [7, 11) is 4.85. The summed E-state index contributed by atoms with van der Waals surface area (Å²) in [6, 6.07) is 70.5. The van der Waals surface area contributed by atoms with Gasteiger partial charge >= 0.3 is 60.3 Å². The van der Waals surface area contributed by atoms with Gasteiger partial charge in [-0.15, -0.1) is 0 Å². The van der Waals surface area contributed by atoms with E-state index in [0.717, 1.165) is 51.7 Å². The molecule has 0 aromatic heterocycles. The van der Waals surface area contributed by atoms with Crippen molar-refractivity contribution in [2.75, 3.05) is 0 Å². The van der Waals surface area contributed by atoms with Crippen LogP contribution in [0.4, 0.5) is 0 Å². The van der Waals surface area contributed by atoms with Crippen molar-refractivity contribution in [1.82, 2.24) is 0 Å². The number of benzene rings is 9. The van der Waals surface area contributed by atoms with E-state index in [0.29, 0.717) is 0 Å². The first-order chi connectivity index (χ1) is 37.7. The minimum absolute atomic E-state index is 0.346. The van der Waals surface area contributed by atoms with E-state index in [2.05, 4.69) is 0 Å². The van der Waals surface area contributed by atoms with Crippen molar-refractivity contribution in [3.63, 3.8) is 0 Å². The molecule has 0 spiro atoms. The van der Waals surface area contributed by atoms with Crippen LogP contribution in [0.3, 0.4) is 0 Å². The molecule has 9 nitrogen and oxygen atoms in total. The molecule has 0 saturated heterocycles. The van der Waals surface area contributed by atoms with Crippen molar-refractivity contribution in [3.05, 3.63) is 268 Å². The minimum atomic E-state index is -1.62. The van der Waals surface area contributed by atoms with Crippen molar-refractivity contribution in [3.8, 4) is 51.7 Å². The van der Waals surface area contributed by atoms with Gasteiger partial charge < -0.3 is 40.7 Å². The van der Waals surface area contributed by atoms with Crippen LogP contribution in [0.1, 0.15) is 50.1 Å². The van der Waals surface area contributed by atoms with E-state index in [9.17, 15) is 0 Å². The van der Waals surface area contributed by atoms with Crippen LogP contribution in [-0.2, 0) is 15.1 Å². The molecule has 0 heterocycles. The van der Waals surface area contributed by atoms with Crippen LogP contribution >= 0.6 is 45.2 Å². The molecule has 0 aliphatic rings. The van der Waals surface area contributed by atoms with E-state index in [-0.39, 0.29) is 15.1 Å². The maximum absolute atomic E-state index is 5.96. The zero-order valence-corrected chi connectivity index (χ0v) is 50.8. The molecule has 0 aliphatic carbocycles. The molecule has 0 bridgehead atoms. The molecule has 0 radical (unpaired) electrons. The third-order valence-corrected chi connectivity index (χ3v) is 14.0. The summed E-state index contributed by atoms with van der Waals surface area (Å²) in [6.45, 7) is 18.4. The Balaban J connectivity index is 0.000000184. The molecule has 406 valence electrons. The third-order valence-electron chi connectivity index (χ3n) is 10.8. The van der Waals surface area contributed by atoms with Gasteiger partial charge in [-0.2, -0.15) is 0 Å². The second-order valence-corrected chi connectivity index (χ2v) is 23.5. The van der Waals surface area contributed by atoms with Gasteiger partial charge in [-0.25, -0.2) is 0 Å². The molecule has 9 aromatic rings. The van der Waals surface area contributed by atoms with Gasteiger partial charge in [-0.05, 0) is 172 Å². The van der Waals surface area contributed by atoms with Crippen molar-refractivity contribution >= 4 is 45.2 Å². The molecule has 15 heteroatoms. The summed E-state index contributed by atoms with van der Waals surface area (Å²) in [6.07, 6.45) is 0. The molecule has 9 aromatic carbocycles. The van der Waals surface area contributed by atoms with Crippen molar-refractivity contribution in [1.29, 1.82) is 0 Å². The van der Waals surface area contributed by atoms with E-state index < -0.39 is 25.8 Å². The molecule has 0 fully saturated rings. The molecular formula is C63H63Cl2O9P3Ru. The summed E-state index contributed by atoms with van der Waals surface area (Å²) in [4.78, 5) is 0. The van der Waals surface area contributed by atoms with E-state index in [1.165, 1.54) is 50.1 Å². The molecule has 0 aliphatic heterocycles. The number of halogens is 2. The first-order valence-corrected chi connectivity index (χ1v) is 32.4. The molecule has 78 heavy (non-hydrogen) atoms. The molecular weight excluding hydrogens is 1170 g/mol. The average Bonchev–Trinajstić information content (AvgIpc) is 3.43. The molecule has 0 N–H and O–H groups in total. The fraction of sp³-hybridized carbons (Fsp3) is 0.143. The van der Waals surface area contributed by atoms with Crippen LogP contribution in [0, 0.1) is 62.3 Å². The zero-order valence-electron chi connectivity index (χ0n) is 44.9. The van der Waals surface area contributed by atoms with Crippen LogP contribution in [-0.4, -0.2) is 0 Å². The average molecular weight is 1230 g/mol. The maximum atomic E-state index is 5.96.